The second-order valence-electron chi connectivity index (χ2n) is 4.03. The molecule has 16 heavy (non-hydrogen) atoms. The normalized spacial score (nSPS) is 10.2. The van der Waals surface area contributed by atoms with E-state index in [9.17, 15) is 9.90 Å². The van der Waals surface area contributed by atoms with Gasteiger partial charge in [0.25, 0.3) is 5.91 Å². The van der Waals surface area contributed by atoms with Crippen LogP contribution in [0.5, 0.6) is 5.75 Å². The van der Waals surface area contributed by atoms with Gasteiger partial charge in [-0.2, -0.15) is 0 Å². The summed E-state index contributed by atoms with van der Waals surface area (Å²) in [6.45, 7) is 4.61. The van der Waals surface area contributed by atoms with Gasteiger partial charge in [0.2, 0.25) is 0 Å². The van der Waals surface area contributed by atoms with Crippen LogP contribution in [-0.4, -0.2) is 29.5 Å². The molecule has 1 aromatic rings. The molecule has 0 saturated carbocycles. The summed E-state index contributed by atoms with van der Waals surface area (Å²) < 4.78 is 0. The lowest BCUT2D eigenvalue weighted by Gasteiger charge is -2.18. The summed E-state index contributed by atoms with van der Waals surface area (Å²) in [6.07, 6.45) is 2.07. The second-order valence-corrected chi connectivity index (χ2v) is 4.03. The summed E-state index contributed by atoms with van der Waals surface area (Å²) in [4.78, 5) is 13.7. The fraction of sp³-hybridized carbons (Fsp3) is 0.462. The van der Waals surface area contributed by atoms with Crippen LogP contribution in [-0.2, 0) is 0 Å². The highest BCUT2D eigenvalue weighted by Gasteiger charge is 2.14. The van der Waals surface area contributed by atoms with Gasteiger partial charge >= 0.3 is 0 Å². The van der Waals surface area contributed by atoms with Crippen LogP contribution in [0.4, 0.5) is 0 Å². The summed E-state index contributed by atoms with van der Waals surface area (Å²) >= 11 is 0. The molecule has 88 valence electrons. The Morgan fingerprint density at radius 2 is 2.12 bits per heavy atom. The smallest absolute Gasteiger partial charge is 0.253 e. The molecular weight excluding hydrogens is 202 g/mol. The third-order valence-electron chi connectivity index (χ3n) is 2.73. The number of phenolic OH excluding ortho intramolecular Hbond substituents is 1. The van der Waals surface area contributed by atoms with Gasteiger partial charge < -0.3 is 10.0 Å². The van der Waals surface area contributed by atoms with Crippen molar-refractivity contribution in [2.24, 2.45) is 0 Å². The van der Waals surface area contributed by atoms with Crippen molar-refractivity contribution in [3.05, 3.63) is 29.3 Å². The summed E-state index contributed by atoms with van der Waals surface area (Å²) in [5, 5.41) is 9.54. The van der Waals surface area contributed by atoms with E-state index in [0.717, 1.165) is 19.4 Å². The van der Waals surface area contributed by atoms with E-state index in [1.54, 1.807) is 37.1 Å². The number of unbranched alkanes of at least 4 members (excludes halogenated alkanes) is 1. The molecular formula is C13H19NO2. The Labute approximate surface area is 96.7 Å². The van der Waals surface area contributed by atoms with E-state index in [1.165, 1.54) is 0 Å². The highest BCUT2D eigenvalue weighted by atomic mass is 16.3. The number of phenols is 1. The molecule has 0 atom stereocenters. The first-order valence-corrected chi connectivity index (χ1v) is 5.62. The van der Waals surface area contributed by atoms with Gasteiger partial charge in [-0.15, -0.1) is 0 Å². The van der Waals surface area contributed by atoms with Gasteiger partial charge in [0.1, 0.15) is 5.75 Å². The molecule has 0 heterocycles. The summed E-state index contributed by atoms with van der Waals surface area (Å²) in [6, 6.07) is 5.04. The van der Waals surface area contributed by atoms with E-state index in [-0.39, 0.29) is 11.7 Å². The number of amides is 1. The van der Waals surface area contributed by atoms with Crippen molar-refractivity contribution in [1.82, 2.24) is 4.90 Å². The summed E-state index contributed by atoms with van der Waals surface area (Å²) in [5.41, 5.74) is 1.23. The van der Waals surface area contributed by atoms with Gasteiger partial charge in [-0.25, -0.2) is 0 Å². The molecule has 0 aliphatic heterocycles. The van der Waals surface area contributed by atoms with Crippen LogP contribution in [0.25, 0.3) is 0 Å². The van der Waals surface area contributed by atoms with Crippen molar-refractivity contribution in [2.75, 3.05) is 13.6 Å². The minimum atomic E-state index is -0.0261. The van der Waals surface area contributed by atoms with Crippen LogP contribution in [0.1, 0.15) is 35.7 Å². The van der Waals surface area contributed by atoms with Crippen LogP contribution >= 0.6 is 0 Å². The quantitative estimate of drug-likeness (QED) is 0.849. The second kappa shape index (κ2) is 5.54. The largest absolute Gasteiger partial charge is 0.508 e. The SMILES string of the molecule is CCCCN(C)C(=O)c1cccc(O)c1C. The zero-order chi connectivity index (χ0) is 12.1. The van der Waals surface area contributed by atoms with Crippen molar-refractivity contribution in [3.63, 3.8) is 0 Å². The average Bonchev–Trinajstić information content (AvgIpc) is 2.28. The zero-order valence-corrected chi connectivity index (χ0v) is 10.2. The summed E-state index contributed by atoms with van der Waals surface area (Å²) in [5.74, 6) is 0.150. The monoisotopic (exact) mass is 221 g/mol. The van der Waals surface area contributed by atoms with Crippen LogP contribution in [0.15, 0.2) is 18.2 Å². The highest BCUT2D eigenvalue weighted by molar-refractivity contribution is 5.96. The van der Waals surface area contributed by atoms with Gasteiger partial charge in [0.15, 0.2) is 0 Å². The third kappa shape index (κ3) is 2.75. The minimum Gasteiger partial charge on any atom is -0.508 e. The lowest BCUT2D eigenvalue weighted by molar-refractivity contribution is 0.0792. The topological polar surface area (TPSA) is 40.5 Å². The molecule has 0 fully saturated rings. The number of rotatable bonds is 4. The van der Waals surface area contributed by atoms with Crippen molar-refractivity contribution in [2.45, 2.75) is 26.7 Å². The summed E-state index contributed by atoms with van der Waals surface area (Å²) in [7, 11) is 1.79. The molecule has 0 radical (unpaired) electrons. The lowest BCUT2D eigenvalue weighted by Crippen LogP contribution is -2.28. The zero-order valence-electron chi connectivity index (χ0n) is 10.2. The van der Waals surface area contributed by atoms with Gasteiger partial charge in [-0.1, -0.05) is 19.4 Å². The van der Waals surface area contributed by atoms with E-state index in [2.05, 4.69) is 6.92 Å². The number of carbonyl (C=O) groups excluding carboxylic acids is 1. The molecule has 0 aliphatic rings. The molecule has 1 N–H and O–H groups in total. The number of hydrogen-bond acceptors (Lipinski definition) is 2. The van der Waals surface area contributed by atoms with Crippen molar-refractivity contribution < 1.29 is 9.90 Å². The van der Waals surface area contributed by atoms with E-state index in [4.69, 9.17) is 0 Å². The predicted molar refractivity (Wildman–Crippen MR) is 64.7 cm³/mol. The standard InChI is InChI=1S/C13H19NO2/c1-4-5-9-14(3)13(16)11-7-6-8-12(15)10(11)2/h6-8,15H,4-5,9H2,1-3H3. The average molecular weight is 221 g/mol. The van der Waals surface area contributed by atoms with Crippen LogP contribution in [0.2, 0.25) is 0 Å². The molecule has 0 unspecified atom stereocenters. The number of benzene rings is 1. The number of hydrogen-bond donors (Lipinski definition) is 1. The molecule has 0 saturated heterocycles. The van der Waals surface area contributed by atoms with E-state index in [1.807, 2.05) is 0 Å². The number of aromatic hydroxyl groups is 1. The minimum absolute atomic E-state index is 0.0261. The van der Waals surface area contributed by atoms with Gasteiger partial charge in [-0.05, 0) is 25.5 Å². The Morgan fingerprint density at radius 1 is 1.44 bits per heavy atom. The Bertz CT molecular complexity index is 374. The van der Waals surface area contributed by atoms with Crippen molar-refractivity contribution >= 4 is 5.91 Å². The third-order valence-corrected chi connectivity index (χ3v) is 2.73. The first-order chi connectivity index (χ1) is 7.57. The highest BCUT2D eigenvalue weighted by Crippen LogP contribution is 2.20. The maximum atomic E-state index is 12.0. The van der Waals surface area contributed by atoms with Gasteiger partial charge in [0.05, 0.1) is 0 Å². The lowest BCUT2D eigenvalue weighted by atomic mass is 10.1. The predicted octanol–water partition coefficient (Wildman–Crippen LogP) is 2.57. The molecule has 1 aromatic carbocycles. The number of carbonyl (C=O) groups is 1. The molecule has 0 aliphatic carbocycles. The first-order valence-electron chi connectivity index (χ1n) is 5.62. The fourth-order valence-corrected chi connectivity index (χ4v) is 1.56. The van der Waals surface area contributed by atoms with Crippen molar-refractivity contribution in [1.29, 1.82) is 0 Å². The maximum absolute atomic E-state index is 12.0. The van der Waals surface area contributed by atoms with Gasteiger partial charge in [0, 0.05) is 24.7 Å². The van der Waals surface area contributed by atoms with Gasteiger partial charge in [-0.3, -0.25) is 4.79 Å². The van der Waals surface area contributed by atoms with Crippen LogP contribution < -0.4 is 0 Å². The Morgan fingerprint density at radius 3 is 2.75 bits per heavy atom. The Hall–Kier alpha value is -1.51. The van der Waals surface area contributed by atoms with E-state index in [0.29, 0.717) is 11.1 Å². The maximum Gasteiger partial charge on any atom is 0.253 e. The van der Waals surface area contributed by atoms with Crippen molar-refractivity contribution in [3.8, 4) is 5.75 Å². The molecule has 1 amide bonds. The van der Waals surface area contributed by atoms with E-state index < -0.39 is 0 Å². The molecule has 0 spiro atoms. The molecule has 3 heteroatoms. The Kier molecular flexibility index (Phi) is 4.35. The molecule has 0 bridgehead atoms. The molecule has 1 rings (SSSR count). The molecule has 3 nitrogen and oxygen atoms in total. The number of nitrogens with zero attached hydrogens (tertiary/aromatic N) is 1. The fourth-order valence-electron chi connectivity index (χ4n) is 1.56. The van der Waals surface area contributed by atoms with Crippen LogP contribution in [0, 0.1) is 6.92 Å². The van der Waals surface area contributed by atoms with Crippen LogP contribution in [0.3, 0.4) is 0 Å². The first kappa shape index (κ1) is 12.6. The Balaban J connectivity index is 2.84. The molecule has 0 aromatic heterocycles. The van der Waals surface area contributed by atoms with E-state index >= 15 is 0 Å².